The third-order valence-corrected chi connectivity index (χ3v) is 9.11. The van der Waals surface area contributed by atoms with Gasteiger partial charge in [-0.3, -0.25) is 4.79 Å². The van der Waals surface area contributed by atoms with E-state index in [0.717, 1.165) is 25.9 Å². The number of rotatable bonds is 10. The average molecular weight is 509 g/mol. The first-order valence-electron chi connectivity index (χ1n) is 11.1. The van der Waals surface area contributed by atoms with Crippen molar-refractivity contribution in [3.05, 3.63) is 59.7 Å². The molecule has 0 saturated carbocycles. The Bertz CT molecular complexity index is 1230. The zero-order valence-corrected chi connectivity index (χ0v) is 21.3. The Morgan fingerprint density at radius 1 is 0.971 bits per heavy atom. The third kappa shape index (κ3) is 6.02. The van der Waals surface area contributed by atoms with Crippen molar-refractivity contribution < 1.29 is 21.6 Å². The SMILES string of the molecule is CNS(=O)(=O)c1cccc(C(CN2CCCC2)N(C)C(=O)Cc2ccccc2S(=O)(=O)NC)c1. The molecule has 34 heavy (non-hydrogen) atoms. The van der Waals surface area contributed by atoms with E-state index in [-0.39, 0.29) is 22.1 Å². The van der Waals surface area contributed by atoms with Gasteiger partial charge in [0.05, 0.1) is 22.3 Å². The molecule has 1 saturated heterocycles. The summed E-state index contributed by atoms with van der Waals surface area (Å²) < 4.78 is 54.2. The molecule has 2 N–H and O–H groups in total. The summed E-state index contributed by atoms with van der Waals surface area (Å²) in [6, 6.07) is 12.6. The smallest absolute Gasteiger partial charge is 0.240 e. The van der Waals surface area contributed by atoms with E-state index >= 15 is 0 Å². The van der Waals surface area contributed by atoms with E-state index in [0.29, 0.717) is 17.7 Å². The maximum atomic E-state index is 13.4. The van der Waals surface area contributed by atoms with Gasteiger partial charge in [0.25, 0.3) is 0 Å². The molecule has 0 aromatic heterocycles. The van der Waals surface area contributed by atoms with Crippen molar-refractivity contribution >= 4 is 26.0 Å². The van der Waals surface area contributed by atoms with Gasteiger partial charge in [0.15, 0.2) is 0 Å². The van der Waals surface area contributed by atoms with Crippen LogP contribution < -0.4 is 9.44 Å². The normalized spacial score (nSPS) is 15.9. The highest BCUT2D eigenvalue weighted by molar-refractivity contribution is 7.89. The van der Waals surface area contributed by atoms with E-state index in [1.807, 2.05) is 6.07 Å². The number of hydrogen-bond acceptors (Lipinski definition) is 6. The maximum Gasteiger partial charge on any atom is 0.240 e. The van der Waals surface area contributed by atoms with Crippen LogP contribution in [0.5, 0.6) is 0 Å². The Morgan fingerprint density at radius 3 is 2.26 bits per heavy atom. The number of carbonyl (C=O) groups is 1. The lowest BCUT2D eigenvalue weighted by Crippen LogP contribution is -2.39. The van der Waals surface area contributed by atoms with Crippen molar-refractivity contribution in [1.29, 1.82) is 0 Å². The van der Waals surface area contributed by atoms with E-state index in [1.165, 1.54) is 26.2 Å². The number of benzene rings is 2. The van der Waals surface area contributed by atoms with Crippen molar-refractivity contribution in [3.8, 4) is 0 Å². The lowest BCUT2D eigenvalue weighted by molar-refractivity contribution is -0.131. The molecule has 0 spiro atoms. The van der Waals surface area contributed by atoms with Crippen molar-refractivity contribution in [3.63, 3.8) is 0 Å². The van der Waals surface area contributed by atoms with E-state index < -0.39 is 26.1 Å². The van der Waals surface area contributed by atoms with E-state index in [2.05, 4.69) is 14.3 Å². The lowest BCUT2D eigenvalue weighted by Gasteiger charge is -2.32. The molecular formula is C23H32N4O5S2. The summed E-state index contributed by atoms with van der Waals surface area (Å²) >= 11 is 0. The Kier molecular flexibility index (Phi) is 8.47. The minimum absolute atomic E-state index is 0.0671. The van der Waals surface area contributed by atoms with Crippen molar-refractivity contribution in [2.45, 2.75) is 35.1 Å². The summed E-state index contributed by atoms with van der Waals surface area (Å²) in [7, 11) is -2.99. The van der Waals surface area contributed by atoms with Crippen LogP contribution in [0, 0.1) is 0 Å². The highest BCUT2D eigenvalue weighted by Crippen LogP contribution is 2.26. The van der Waals surface area contributed by atoms with Crippen LogP contribution in [0.4, 0.5) is 0 Å². The second kappa shape index (κ2) is 11.0. The highest BCUT2D eigenvalue weighted by atomic mass is 32.2. The molecule has 186 valence electrons. The van der Waals surface area contributed by atoms with Gasteiger partial charge in [-0.25, -0.2) is 26.3 Å². The molecule has 1 aliphatic heterocycles. The number of nitrogens with zero attached hydrogens (tertiary/aromatic N) is 2. The van der Waals surface area contributed by atoms with Gasteiger partial charge in [0.2, 0.25) is 26.0 Å². The van der Waals surface area contributed by atoms with Gasteiger partial charge in [-0.2, -0.15) is 0 Å². The summed E-state index contributed by atoms with van der Waals surface area (Å²) in [6.45, 7) is 2.38. The Balaban J connectivity index is 1.93. The molecule has 0 radical (unpaired) electrons. The van der Waals surface area contributed by atoms with E-state index in [1.54, 1.807) is 42.3 Å². The fourth-order valence-electron chi connectivity index (χ4n) is 4.15. The molecule has 2 aromatic carbocycles. The number of amides is 1. The predicted octanol–water partition coefficient (Wildman–Crippen LogP) is 1.34. The average Bonchev–Trinajstić information content (AvgIpc) is 3.35. The van der Waals surface area contributed by atoms with Crippen LogP contribution in [0.15, 0.2) is 58.3 Å². The fraction of sp³-hybridized carbons (Fsp3) is 0.435. The minimum Gasteiger partial charge on any atom is -0.337 e. The molecule has 9 nitrogen and oxygen atoms in total. The first-order chi connectivity index (χ1) is 16.1. The molecular weight excluding hydrogens is 476 g/mol. The zero-order valence-electron chi connectivity index (χ0n) is 19.7. The van der Waals surface area contributed by atoms with Crippen molar-refractivity contribution in [2.75, 3.05) is 40.8 Å². The van der Waals surface area contributed by atoms with E-state index in [4.69, 9.17) is 0 Å². The number of nitrogens with one attached hydrogen (secondary N) is 2. The molecule has 3 rings (SSSR count). The van der Waals surface area contributed by atoms with Crippen LogP contribution in [0.1, 0.15) is 30.0 Å². The first-order valence-corrected chi connectivity index (χ1v) is 14.1. The van der Waals surface area contributed by atoms with Crippen molar-refractivity contribution in [2.24, 2.45) is 0 Å². The molecule has 1 unspecified atom stereocenters. The predicted molar refractivity (Wildman–Crippen MR) is 130 cm³/mol. The molecule has 11 heteroatoms. The van der Waals surface area contributed by atoms with Crippen molar-refractivity contribution in [1.82, 2.24) is 19.2 Å². The third-order valence-electron chi connectivity index (χ3n) is 6.19. The molecule has 1 fully saturated rings. The number of hydrogen-bond donors (Lipinski definition) is 2. The number of sulfonamides is 2. The zero-order chi connectivity index (χ0) is 24.9. The molecule has 0 aliphatic carbocycles. The second-order valence-corrected chi connectivity index (χ2v) is 12.0. The van der Waals surface area contributed by atoms with Gasteiger partial charge in [0, 0.05) is 13.6 Å². The summed E-state index contributed by atoms with van der Waals surface area (Å²) in [5, 5.41) is 0. The Labute approximate surface area is 202 Å². The largest absolute Gasteiger partial charge is 0.337 e. The molecule has 1 aliphatic rings. The van der Waals surface area contributed by atoms with Crippen LogP contribution in [-0.4, -0.2) is 73.3 Å². The highest BCUT2D eigenvalue weighted by Gasteiger charge is 2.28. The van der Waals surface area contributed by atoms with Gasteiger partial charge in [-0.05, 0) is 69.4 Å². The quantitative estimate of drug-likeness (QED) is 0.500. The van der Waals surface area contributed by atoms with Gasteiger partial charge in [0.1, 0.15) is 0 Å². The van der Waals surface area contributed by atoms with Crippen LogP contribution in [0.3, 0.4) is 0 Å². The Hall–Kier alpha value is -2.31. The summed E-state index contributed by atoms with van der Waals surface area (Å²) in [5.41, 5.74) is 1.11. The van der Waals surface area contributed by atoms with Gasteiger partial charge < -0.3 is 9.80 Å². The monoisotopic (exact) mass is 508 g/mol. The van der Waals surface area contributed by atoms with Gasteiger partial charge in [-0.1, -0.05) is 30.3 Å². The topological polar surface area (TPSA) is 116 Å². The molecule has 0 bridgehead atoms. The second-order valence-electron chi connectivity index (χ2n) is 8.30. The number of carbonyl (C=O) groups excluding carboxylic acids is 1. The molecule has 1 atom stereocenters. The summed E-state index contributed by atoms with van der Waals surface area (Å²) in [6.07, 6.45) is 2.06. The van der Waals surface area contributed by atoms with E-state index in [9.17, 15) is 21.6 Å². The molecule has 1 heterocycles. The molecule has 1 amide bonds. The number of likely N-dealkylation sites (tertiary alicyclic amines) is 1. The first kappa shape index (κ1) is 26.3. The standard InChI is InChI=1S/C23H32N4O5S2/c1-24-33(29,30)20-11-8-10-18(15-20)21(17-27-13-6-7-14-27)26(3)23(28)16-19-9-4-5-12-22(19)34(31,32)25-2/h4-5,8-12,15,21,24-25H,6-7,13-14,16-17H2,1-3H3. The van der Waals surface area contributed by atoms with Crippen LogP contribution in [-0.2, 0) is 31.3 Å². The lowest BCUT2D eigenvalue weighted by atomic mass is 10.0. The maximum absolute atomic E-state index is 13.4. The Morgan fingerprint density at radius 2 is 1.62 bits per heavy atom. The van der Waals surface area contributed by atoms with Crippen LogP contribution >= 0.6 is 0 Å². The molecule has 2 aromatic rings. The number of likely N-dealkylation sites (N-methyl/N-ethyl adjacent to an activating group) is 1. The summed E-state index contributed by atoms with van der Waals surface area (Å²) in [5.74, 6) is -0.259. The fourth-order valence-corrected chi connectivity index (χ4v) is 5.90. The van der Waals surface area contributed by atoms with Crippen LogP contribution in [0.25, 0.3) is 0 Å². The van der Waals surface area contributed by atoms with Crippen LogP contribution in [0.2, 0.25) is 0 Å². The van der Waals surface area contributed by atoms with Gasteiger partial charge >= 0.3 is 0 Å². The summed E-state index contributed by atoms with van der Waals surface area (Å²) in [4.78, 5) is 17.4. The van der Waals surface area contributed by atoms with Gasteiger partial charge in [-0.15, -0.1) is 0 Å². The minimum atomic E-state index is -3.72.